The molecule has 5 rings (SSSR count). The lowest BCUT2D eigenvalue weighted by molar-refractivity contribution is -0.135. The average molecular weight is 439 g/mol. The predicted octanol–water partition coefficient (Wildman–Crippen LogP) is 2.82. The zero-order valence-corrected chi connectivity index (χ0v) is 18.7. The summed E-state index contributed by atoms with van der Waals surface area (Å²) in [6.45, 7) is 7.51. The third-order valence-corrected chi connectivity index (χ3v) is 6.80. The molecule has 170 valence electrons. The van der Waals surface area contributed by atoms with Crippen LogP contribution in [-0.2, 0) is 14.3 Å². The number of hydrogen-bond acceptors (Lipinski definition) is 5. The highest BCUT2D eigenvalue weighted by molar-refractivity contribution is 6.36. The normalized spacial score (nSPS) is 25.8. The Hall–Kier alpha value is -2.58. The molecule has 0 bridgehead atoms. The Morgan fingerprint density at radius 2 is 2.09 bits per heavy atom. The van der Waals surface area contributed by atoms with Crippen LogP contribution >= 0.6 is 0 Å². The van der Waals surface area contributed by atoms with Gasteiger partial charge in [0.05, 0.1) is 47.8 Å². The lowest BCUT2D eigenvalue weighted by Gasteiger charge is -2.35. The van der Waals surface area contributed by atoms with Gasteiger partial charge in [-0.15, -0.1) is 0 Å². The Kier molecular flexibility index (Phi) is 5.82. The van der Waals surface area contributed by atoms with Crippen LogP contribution in [0.2, 0.25) is 0 Å². The van der Waals surface area contributed by atoms with Crippen molar-refractivity contribution in [3.63, 3.8) is 0 Å². The van der Waals surface area contributed by atoms with Gasteiger partial charge in [0.1, 0.15) is 0 Å². The number of hydrogen-bond donors (Lipinski definition) is 0. The van der Waals surface area contributed by atoms with Crippen molar-refractivity contribution in [2.24, 2.45) is 10.9 Å². The van der Waals surface area contributed by atoms with Crippen molar-refractivity contribution < 1.29 is 19.1 Å². The van der Waals surface area contributed by atoms with Gasteiger partial charge in [0.2, 0.25) is 5.91 Å². The molecule has 0 aromatic carbocycles. The number of aromatic nitrogens is 2. The maximum Gasteiger partial charge on any atom is 0.281 e. The van der Waals surface area contributed by atoms with Crippen molar-refractivity contribution in [3.8, 4) is 0 Å². The van der Waals surface area contributed by atoms with E-state index in [1.54, 1.807) is 6.20 Å². The van der Waals surface area contributed by atoms with Crippen LogP contribution in [0.1, 0.15) is 61.6 Å². The summed E-state index contributed by atoms with van der Waals surface area (Å²) in [7, 11) is 0. The minimum atomic E-state index is -0.360. The van der Waals surface area contributed by atoms with Crippen molar-refractivity contribution in [3.05, 3.63) is 35.2 Å². The maximum atomic E-state index is 13.5. The summed E-state index contributed by atoms with van der Waals surface area (Å²) in [5, 5.41) is 4.50. The Bertz CT molecular complexity index is 1010. The quantitative estimate of drug-likeness (QED) is 0.706. The van der Waals surface area contributed by atoms with Gasteiger partial charge in [-0.3, -0.25) is 14.3 Å². The van der Waals surface area contributed by atoms with Gasteiger partial charge in [0, 0.05) is 31.9 Å². The molecule has 4 heterocycles. The molecule has 1 unspecified atom stereocenters. The van der Waals surface area contributed by atoms with E-state index in [1.165, 1.54) is 0 Å². The smallest absolute Gasteiger partial charge is 0.281 e. The molecule has 0 radical (unpaired) electrons. The molecule has 32 heavy (non-hydrogen) atoms. The van der Waals surface area contributed by atoms with Crippen LogP contribution in [0, 0.1) is 5.92 Å². The second-order valence-electron chi connectivity index (χ2n) is 9.01. The third kappa shape index (κ3) is 3.75. The molecule has 3 aliphatic heterocycles. The molecular formula is C24H30N4O4. The molecule has 2 fully saturated rings. The molecule has 8 heteroatoms. The fourth-order valence-corrected chi connectivity index (χ4v) is 5.00. The van der Waals surface area contributed by atoms with Crippen molar-refractivity contribution in [1.29, 1.82) is 0 Å². The Morgan fingerprint density at radius 1 is 1.28 bits per heavy atom. The van der Waals surface area contributed by atoms with Gasteiger partial charge in [-0.1, -0.05) is 18.6 Å². The summed E-state index contributed by atoms with van der Waals surface area (Å²) < 4.78 is 13.3. The fourth-order valence-electron chi connectivity index (χ4n) is 5.00. The topological polar surface area (TPSA) is 86.0 Å². The Balaban J connectivity index is 1.41. The second-order valence-corrected chi connectivity index (χ2v) is 9.01. The van der Waals surface area contributed by atoms with E-state index in [9.17, 15) is 9.59 Å². The number of fused-ring (bicyclic) bond motifs is 3. The van der Waals surface area contributed by atoms with Crippen molar-refractivity contribution >= 4 is 23.1 Å². The van der Waals surface area contributed by atoms with Gasteiger partial charge in [0.25, 0.3) is 5.91 Å². The highest BCUT2D eigenvalue weighted by Crippen LogP contribution is 2.36. The first-order chi connectivity index (χ1) is 15.6. The summed E-state index contributed by atoms with van der Waals surface area (Å²) in [5.74, 6) is -0.533. The standard InChI is InChI=1S/C24H30N4O4/c1-3-9-32-17-4-7-27(8-5-17)24(30)18-12-19-21(11-15(18)2)26-23(29)20-13-25-28(22(19)20)16-6-10-31-14-16/h11-13,16-18H,3-10,14H2,1-2H3/t16-,18?/m0/s1. The molecule has 8 nitrogen and oxygen atoms in total. The molecule has 1 aliphatic carbocycles. The van der Waals surface area contributed by atoms with Gasteiger partial charge >= 0.3 is 0 Å². The van der Waals surface area contributed by atoms with E-state index in [0.29, 0.717) is 37.6 Å². The molecule has 2 amide bonds. The Labute approximate surface area is 188 Å². The number of rotatable bonds is 5. The number of allylic oxidation sites excluding steroid dienone is 2. The summed E-state index contributed by atoms with van der Waals surface area (Å²) in [4.78, 5) is 32.3. The minimum absolute atomic E-state index is 0.0927. The number of piperidine rings is 1. The first-order valence-electron chi connectivity index (χ1n) is 11.7. The lowest BCUT2D eigenvalue weighted by Crippen LogP contribution is -2.44. The van der Waals surface area contributed by atoms with Crippen LogP contribution in [0.25, 0.3) is 5.57 Å². The van der Waals surface area contributed by atoms with E-state index in [4.69, 9.17) is 9.47 Å². The van der Waals surface area contributed by atoms with Crippen molar-refractivity contribution in [2.75, 3.05) is 32.9 Å². The number of nitrogens with zero attached hydrogens (tertiary/aromatic N) is 4. The van der Waals surface area contributed by atoms with Crippen LogP contribution in [0.3, 0.4) is 0 Å². The van der Waals surface area contributed by atoms with E-state index < -0.39 is 0 Å². The average Bonchev–Trinajstić information content (AvgIpc) is 3.47. The molecule has 0 spiro atoms. The van der Waals surface area contributed by atoms with Gasteiger partial charge in [-0.2, -0.15) is 5.10 Å². The van der Waals surface area contributed by atoms with E-state index in [1.807, 2.05) is 28.7 Å². The predicted molar refractivity (Wildman–Crippen MR) is 120 cm³/mol. The van der Waals surface area contributed by atoms with E-state index in [-0.39, 0.29) is 29.9 Å². The third-order valence-electron chi connectivity index (χ3n) is 6.80. The minimum Gasteiger partial charge on any atom is -0.379 e. The number of carbonyl (C=O) groups excluding carboxylic acids is 2. The van der Waals surface area contributed by atoms with Gasteiger partial charge in [-0.05, 0) is 38.7 Å². The molecular weight excluding hydrogens is 408 g/mol. The van der Waals surface area contributed by atoms with Crippen molar-refractivity contribution in [1.82, 2.24) is 14.7 Å². The number of likely N-dealkylation sites (tertiary alicyclic amines) is 1. The molecule has 1 aromatic rings. The SMILES string of the molecule is CCCOC1CCN(C(=O)C2C=C3C(=NC(=O)c4cnn([C@H]5CCOC5)c43)C=C2C)CC1. The number of carbonyl (C=O) groups is 2. The zero-order chi connectivity index (χ0) is 22.2. The molecule has 2 saturated heterocycles. The maximum absolute atomic E-state index is 13.5. The fraction of sp³-hybridized carbons (Fsp3) is 0.583. The van der Waals surface area contributed by atoms with Gasteiger partial charge < -0.3 is 14.4 Å². The lowest BCUT2D eigenvalue weighted by atomic mass is 9.84. The van der Waals surface area contributed by atoms with Crippen LogP contribution < -0.4 is 0 Å². The van der Waals surface area contributed by atoms with Gasteiger partial charge in [0.15, 0.2) is 0 Å². The first kappa shape index (κ1) is 21.3. The summed E-state index contributed by atoms with van der Waals surface area (Å²) >= 11 is 0. The van der Waals surface area contributed by atoms with E-state index >= 15 is 0 Å². The second kappa shape index (κ2) is 8.75. The zero-order valence-electron chi connectivity index (χ0n) is 18.7. The molecule has 0 saturated carbocycles. The molecule has 4 aliphatic rings. The molecule has 2 atom stereocenters. The highest BCUT2D eigenvalue weighted by atomic mass is 16.5. The van der Waals surface area contributed by atoms with E-state index in [2.05, 4.69) is 17.0 Å². The number of amides is 2. The Morgan fingerprint density at radius 3 is 2.81 bits per heavy atom. The molecule has 1 aromatic heterocycles. The van der Waals surface area contributed by atoms with Crippen LogP contribution in [0.5, 0.6) is 0 Å². The number of aliphatic imine (C=N–C) groups is 1. The summed E-state index contributed by atoms with van der Waals surface area (Å²) in [6.07, 6.45) is 9.32. The highest BCUT2D eigenvalue weighted by Gasteiger charge is 2.37. The van der Waals surface area contributed by atoms with Crippen LogP contribution in [-0.4, -0.2) is 71.2 Å². The van der Waals surface area contributed by atoms with E-state index in [0.717, 1.165) is 49.1 Å². The van der Waals surface area contributed by atoms with Crippen LogP contribution in [0.15, 0.2) is 28.9 Å². The monoisotopic (exact) mass is 438 g/mol. The number of ether oxygens (including phenoxy) is 2. The van der Waals surface area contributed by atoms with Crippen molar-refractivity contribution in [2.45, 2.75) is 51.7 Å². The van der Waals surface area contributed by atoms with Gasteiger partial charge in [-0.25, -0.2) is 4.99 Å². The molecule has 0 N–H and O–H groups in total. The van der Waals surface area contributed by atoms with Crippen LogP contribution in [0.4, 0.5) is 0 Å². The summed E-state index contributed by atoms with van der Waals surface area (Å²) in [6, 6.07) is 0.0927. The summed E-state index contributed by atoms with van der Waals surface area (Å²) in [5.41, 5.74) is 3.63. The first-order valence-corrected chi connectivity index (χ1v) is 11.7. The largest absolute Gasteiger partial charge is 0.379 e.